The highest BCUT2D eigenvalue weighted by atomic mass is 35.5. The predicted octanol–water partition coefficient (Wildman–Crippen LogP) is 3.16. The largest absolute Gasteiger partial charge is 0.491 e. The van der Waals surface area contributed by atoms with E-state index < -0.39 is 12.5 Å². The molecule has 1 aromatic rings. The minimum absolute atomic E-state index is 0. The van der Waals surface area contributed by atoms with E-state index in [2.05, 4.69) is 0 Å². The number of rotatable bonds is 4. The molecule has 5 heteroatoms. The van der Waals surface area contributed by atoms with Crippen LogP contribution in [0, 0.1) is 0 Å². The van der Waals surface area contributed by atoms with Gasteiger partial charge in [-0.2, -0.15) is 0 Å². The molecule has 0 saturated heterocycles. The normalized spacial score (nSPS) is 12.4. The van der Waals surface area contributed by atoms with Crippen LogP contribution in [-0.4, -0.2) is 12.5 Å². The van der Waals surface area contributed by atoms with Gasteiger partial charge in [0.15, 0.2) is 0 Å². The molecule has 1 rings (SSSR count). The van der Waals surface area contributed by atoms with Gasteiger partial charge in [-0.05, 0) is 31.5 Å². The van der Waals surface area contributed by atoms with E-state index in [1.807, 2.05) is 13.8 Å². The molecule has 92 valence electrons. The highest BCUT2D eigenvalue weighted by Gasteiger charge is 2.16. The summed E-state index contributed by atoms with van der Waals surface area (Å²) in [5, 5.41) is 0. The lowest BCUT2D eigenvalue weighted by molar-refractivity contribution is 0.116. The van der Waals surface area contributed by atoms with Gasteiger partial charge < -0.3 is 10.5 Å². The Bertz CT molecular complexity index is 303. The second-order valence-electron chi connectivity index (χ2n) is 3.60. The molecule has 0 saturated carbocycles. The molecule has 1 atom stereocenters. The first kappa shape index (κ1) is 15.1. The lowest BCUT2D eigenvalue weighted by Crippen LogP contribution is -2.18. The maximum atomic E-state index is 12.3. The maximum Gasteiger partial charge on any atom is 0.257 e. The summed E-state index contributed by atoms with van der Waals surface area (Å²) in [6.45, 7) is 3.80. The van der Waals surface area contributed by atoms with Crippen molar-refractivity contribution >= 4 is 12.4 Å². The van der Waals surface area contributed by atoms with Crippen LogP contribution in [0.2, 0.25) is 0 Å². The first-order valence-corrected chi connectivity index (χ1v) is 4.81. The summed E-state index contributed by atoms with van der Waals surface area (Å²) in [5.74, 6) is 0.662. The molecule has 0 aliphatic carbocycles. The van der Waals surface area contributed by atoms with E-state index in [4.69, 9.17) is 10.5 Å². The Labute approximate surface area is 100 Å². The van der Waals surface area contributed by atoms with E-state index in [1.165, 1.54) is 0 Å². The van der Waals surface area contributed by atoms with Crippen molar-refractivity contribution in [3.8, 4) is 5.75 Å². The zero-order chi connectivity index (χ0) is 11.4. The molecule has 2 N–H and O–H groups in total. The van der Waals surface area contributed by atoms with Crippen LogP contribution in [0.4, 0.5) is 8.78 Å². The SMILES string of the molecule is CC(C)Oc1ccc([C@H](N)C(F)F)cc1.Cl. The molecule has 0 heterocycles. The lowest BCUT2D eigenvalue weighted by atomic mass is 10.1. The highest BCUT2D eigenvalue weighted by molar-refractivity contribution is 5.85. The molecule has 0 fully saturated rings. The second kappa shape index (κ2) is 6.66. The van der Waals surface area contributed by atoms with Crippen molar-refractivity contribution in [2.75, 3.05) is 0 Å². The maximum absolute atomic E-state index is 12.3. The molecule has 0 bridgehead atoms. The third-order valence-corrected chi connectivity index (χ3v) is 1.91. The number of alkyl halides is 2. The summed E-state index contributed by atoms with van der Waals surface area (Å²) in [6.07, 6.45) is -2.47. The van der Waals surface area contributed by atoms with Crippen LogP contribution in [-0.2, 0) is 0 Å². The third-order valence-electron chi connectivity index (χ3n) is 1.91. The minimum Gasteiger partial charge on any atom is -0.491 e. The Morgan fingerprint density at radius 1 is 1.12 bits per heavy atom. The zero-order valence-electron chi connectivity index (χ0n) is 9.19. The molecule has 0 aliphatic heterocycles. The Balaban J connectivity index is 0.00000225. The predicted molar refractivity (Wildman–Crippen MR) is 62.4 cm³/mol. The van der Waals surface area contributed by atoms with E-state index >= 15 is 0 Å². The van der Waals surface area contributed by atoms with E-state index in [0.29, 0.717) is 11.3 Å². The van der Waals surface area contributed by atoms with Gasteiger partial charge in [-0.1, -0.05) is 12.1 Å². The summed E-state index contributed by atoms with van der Waals surface area (Å²) >= 11 is 0. The summed E-state index contributed by atoms with van der Waals surface area (Å²) < 4.78 is 29.9. The first-order valence-electron chi connectivity index (χ1n) is 4.81. The standard InChI is InChI=1S/C11H15F2NO.ClH/c1-7(2)15-9-5-3-8(4-6-9)10(14)11(12)13;/h3-7,10-11H,14H2,1-2H3;1H/t10-;/m0./s1. The number of hydrogen-bond acceptors (Lipinski definition) is 2. The van der Waals surface area contributed by atoms with Crippen molar-refractivity contribution < 1.29 is 13.5 Å². The number of nitrogens with two attached hydrogens (primary N) is 1. The number of halogens is 3. The Hall–Kier alpha value is -0.870. The van der Waals surface area contributed by atoms with Crippen LogP contribution < -0.4 is 10.5 Å². The van der Waals surface area contributed by atoms with Crippen molar-refractivity contribution in [3.63, 3.8) is 0 Å². The van der Waals surface area contributed by atoms with Gasteiger partial charge in [-0.15, -0.1) is 12.4 Å². The van der Waals surface area contributed by atoms with Crippen molar-refractivity contribution in [2.24, 2.45) is 5.73 Å². The van der Waals surface area contributed by atoms with Crippen molar-refractivity contribution in [3.05, 3.63) is 29.8 Å². The summed E-state index contributed by atoms with van der Waals surface area (Å²) in [4.78, 5) is 0. The molecule has 0 radical (unpaired) electrons. The molecule has 0 aliphatic rings. The Morgan fingerprint density at radius 2 is 1.62 bits per heavy atom. The van der Waals surface area contributed by atoms with Crippen LogP contribution in [0.25, 0.3) is 0 Å². The van der Waals surface area contributed by atoms with Crippen LogP contribution in [0.3, 0.4) is 0 Å². The molecule has 0 amide bonds. The fraction of sp³-hybridized carbons (Fsp3) is 0.455. The highest BCUT2D eigenvalue weighted by Crippen LogP contribution is 2.21. The molecule has 0 spiro atoms. The monoisotopic (exact) mass is 251 g/mol. The molecule has 0 aromatic heterocycles. The van der Waals surface area contributed by atoms with Gasteiger partial charge in [0, 0.05) is 0 Å². The van der Waals surface area contributed by atoms with Crippen LogP contribution >= 0.6 is 12.4 Å². The van der Waals surface area contributed by atoms with Crippen molar-refractivity contribution in [1.82, 2.24) is 0 Å². The van der Waals surface area contributed by atoms with Gasteiger partial charge in [-0.3, -0.25) is 0 Å². The molecular weight excluding hydrogens is 236 g/mol. The molecular formula is C11H16ClF2NO. The summed E-state index contributed by atoms with van der Waals surface area (Å²) in [6, 6.07) is 5.20. The molecule has 0 unspecified atom stereocenters. The molecule has 2 nitrogen and oxygen atoms in total. The van der Waals surface area contributed by atoms with Crippen LogP contribution in [0.15, 0.2) is 24.3 Å². The van der Waals surface area contributed by atoms with Crippen LogP contribution in [0.1, 0.15) is 25.5 Å². The topological polar surface area (TPSA) is 35.2 Å². The fourth-order valence-corrected chi connectivity index (χ4v) is 1.19. The van der Waals surface area contributed by atoms with E-state index in [-0.39, 0.29) is 18.5 Å². The van der Waals surface area contributed by atoms with Crippen LogP contribution in [0.5, 0.6) is 5.75 Å². The quantitative estimate of drug-likeness (QED) is 0.892. The number of benzene rings is 1. The summed E-state index contributed by atoms with van der Waals surface area (Å²) in [5.41, 5.74) is 5.72. The van der Waals surface area contributed by atoms with Gasteiger partial charge >= 0.3 is 0 Å². The van der Waals surface area contributed by atoms with Gasteiger partial charge in [-0.25, -0.2) is 8.78 Å². The fourth-order valence-electron chi connectivity index (χ4n) is 1.19. The minimum atomic E-state index is -2.54. The Morgan fingerprint density at radius 3 is 2.00 bits per heavy atom. The van der Waals surface area contributed by atoms with Gasteiger partial charge in [0.2, 0.25) is 0 Å². The lowest BCUT2D eigenvalue weighted by Gasteiger charge is -2.13. The zero-order valence-corrected chi connectivity index (χ0v) is 10.0. The third kappa shape index (κ3) is 4.33. The van der Waals surface area contributed by atoms with E-state index in [0.717, 1.165) is 0 Å². The Kier molecular flexibility index (Phi) is 6.29. The molecule has 1 aromatic carbocycles. The average Bonchev–Trinajstić information content (AvgIpc) is 2.17. The smallest absolute Gasteiger partial charge is 0.257 e. The van der Waals surface area contributed by atoms with Crippen molar-refractivity contribution in [2.45, 2.75) is 32.4 Å². The first-order chi connectivity index (χ1) is 7.00. The van der Waals surface area contributed by atoms with Gasteiger partial charge in [0.1, 0.15) is 5.75 Å². The average molecular weight is 252 g/mol. The second-order valence-corrected chi connectivity index (χ2v) is 3.60. The number of hydrogen-bond donors (Lipinski definition) is 1. The van der Waals surface area contributed by atoms with Gasteiger partial charge in [0.25, 0.3) is 6.43 Å². The summed E-state index contributed by atoms with van der Waals surface area (Å²) in [7, 11) is 0. The van der Waals surface area contributed by atoms with E-state index in [1.54, 1.807) is 24.3 Å². The number of ether oxygens (including phenoxy) is 1. The van der Waals surface area contributed by atoms with Crippen molar-refractivity contribution in [1.29, 1.82) is 0 Å². The van der Waals surface area contributed by atoms with Gasteiger partial charge in [0.05, 0.1) is 12.1 Å². The van der Waals surface area contributed by atoms with E-state index in [9.17, 15) is 8.78 Å². The molecule has 16 heavy (non-hydrogen) atoms.